The molecule has 220 valence electrons. The maximum Gasteiger partial charge on any atom is 0.242 e. The highest BCUT2D eigenvalue weighted by Crippen LogP contribution is 2.29. The number of carbonyl (C=O) groups excluding carboxylic acids is 2. The third-order valence-electron chi connectivity index (χ3n) is 8.52. The summed E-state index contributed by atoms with van der Waals surface area (Å²) in [7, 11) is 0. The second-order valence-electron chi connectivity index (χ2n) is 11.4. The van der Waals surface area contributed by atoms with Gasteiger partial charge in [-0.15, -0.1) is 0 Å². The molecule has 2 amide bonds. The summed E-state index contributed by atoms with van der Waals surface area (Å²) >= 11 is 3.49. The van der Waals surface area contributed by atoms with E-state index >= 15 is 0 Å². The number of hydrogen-bond donors (Lipinski definition) is 6. The second kappa shape index (κ2) is 14.5. The second-order valence-corrected chi connectivity index (χ2v) is 12.3. The van der Waals surface area contributed by atoms with Gasteiger partial charge in [0.15, 0.2) is 5.96 Å². The molecule has 1 aliphatic carbocycles. The number of nitrogens with two attached hydrogens (primary N) is 2. The number of nitrogen functional groups attached to an aromatic ring is 1. The topological polar surface area (TPSA) is 161 Å². The van der Waals surface area contributed by atoms with Gasteiger partial charge in [-0.25, -0.2) is 0 Å². The molecule has 2 aromatic rings. The summed E-state index contributed by atoms with van der Waals surface area (Å²) in [6, 6.07) is 14.6. The fourth-order valence-electron chi connectivity index (χ4n) is 5.96. The van der Waals surface area contributed by atoms with Crippen molar-refractivity contribution in [3.8, 4) is 0 Å². The Morgan fingerprint density at radius 2 is 1.54 bits per heavy atom. The first-order valence-electron chi connectivity index (χ1n) is 14.6. The molecule has 0 aromatic heterocycles. The quantitative estimate of drug-likeness (QED) is 0.175. The third-order valence-corrected chi connectivity index (χ3v) is 9.04. The minimum atomic E-state index is -0.585. The van der Waals surface area contributed by atoms with Crippen LogP contribution in [0.4, 0.5) is 0 Å². The van der Waals surface area contributed by atoms with E-state index in [-0.39, 0.29) is 29.5 Å². The third kappa shape index (κ3) is 8.55. The molecular formula is C31H42BrN7O2. The fraction of sp³-hybridized carbons (Fsp3) is 0.484. The zero-order valence-corrected chi connectivity index (χ0v) is 25.1. The lowest BCUT2D eigenvalue weighted by molar-refractivity contribution is -0.131. The maximum absolute atomic E-state index is 14.0. The van der Waals surface area contributed by atoms with E-state index in [1.54, 1.807) is 12.1 Å². The minimum Gasteiger partial charge on any atom is -0.384 e. The summed E-state index contributed by atoms with van der Waals surface area (Å²) in [6.07, 6.45) is 7.32. The minimum absolute atomic E-state index is 0.00416. The van der Waals surface area contributed by atoms with Gasteiger partial charge in [0.25, 0.3) is 0 Å². The lowest BCUT2D eigenvalue weighted by atomic mass is 9.82. The van der Waals surface area contributed by atoms with Gasteiger partial charge in [-0.3, -0.25) is 20.4 Å². The smallest absolute Gasteiger partial charge is 0.242 e. The number of guanidine groups is 1. The first-order chi connectivity index (χ1) is 19.7. The standard InChI is InChI=1S/C31H42BrN7O2/c32-25-12-10-22(11-13-25)26(18-20-6-8-24(9-7-20)28(33)34)29(40)38-27(23-4-2-1-3-5-23)30(41)37-19-21-14-16-39(17-15-21)31(35)36/h6-13,21,23,26-27H,1-5,14-19H2,(H3,33,34)(H3,35,36)(H,37,41)(H,38,40)/t26?,27-/m0/s1. The molecule has 8 N–H and O–H groups in total. The van der Waals surface area contributed by atoms with E-state index in [0.717, 1.165) is 73.6 Å². The number of nitrogens with one attached hydrogen (secondary N) is 4. The Labute approximate surface area is 251 Å². The summed E-state index contributed by atoms with van der Waals surface area (Å²) < 4.78 is 0.930. The van der Waals surface area contributed by atoms with Crippen molar-refractivity contribution in [3.63, 3.8) is 0 Å². The van der Waals surface area contributed by atoms with Crippen molar-refractivity contribution >= 4 is 39.5 Å². The van der Waals surface area contributed by atoms with Crippen LogP contribution in [0.2, 0.25) is 0 Å². The van der Waals surface area contributed by atoms with E-state index in [1.165, 1.54) is 0 Å². The number of likely N-dealkylation sites (tertiary alicyclic amines) is 1. The highest BCUT2D eigenvalue weighted by Gasteiger charge is 2.34. The number of piperidine rings is 1. The van der Waals surface area contributed by atoms with Gasteiger partial charge in [0.05, 0.1) is 5.92 Å². The van der Waals surface area contributed by atoms with Crippen molar-refractivity contribution in [1.29, 1.82) is 10.8 Å². The number of hydrogen-bond acceptors (Lipinski definition) is 4. The fourth-order valence-corrected chi connectivity index (χ4v) is 6.23. The van der Waals surface area contributed by atoms with Crippen molar-refractivity contribution in [3.05, 3.63) is 69.7 Å². The highest BCUT2D eigenvalue weighted by molar-refractivity contribution is 9.10. The molecule has 9 nitrogen and oxygen atoms in total. The zero-order valence-electron chi connectivity index (χ0n) is 23.5. The Morgan fingerprint density at radius 3 is 2.12 bits per heavy atom. The van der Waals surface area contributed by atoms with Crippen LogP contribution in [0.3, 0.4) is 0 Å². The number of amides is 2. The van der Waals surface area contributed by atoms with Gasteiger partial charge in [-0.1, -0.05) is 71.6 Å². The van der Waals surface area contributed by atoms with Gasteiger partial charge in [0, 0.05) is 29.7 Å². The van der Waals surface area contributed by atoms with Crippen LogP contribution in [0, 0.1) is 22.7 Å². The van der Waals surface area contributed by atoms with Crippen molar-refractivity contribution in [2.24, 2.45) is 23.3 Å². The summed E-state index contributed by atoms with van der Waals surface area (Å²) in [5.41, 5.74) is 13.7. The molecule has 1 saturated carbocycles. The molecule has 0 bridgehead atoms. The summed E-state index contributed by atoms with van der Waals surface area (Å²) in [4.78, 5) is 29.5. The number of halogens is 1. The van der Waals surface area contributed by atoms with E-state index < -0.39 is 12.0 Å². The molecule has 2 aromatic carbocycles. The van der Waals surface area contributed by atoms with Crippen LogP contribution < -0.4 is 22.1 Å². The Balaban J connectivity index is 1.49. The average Bonchev–Trinajstić information content (AvgIpc) is 2.98. The normalized spacial score (nSPS) is 17.8. The predicted molar refractivity (Wildman–Crippen MR) is 166 cm³/mol. The monoisotopic (exact) mass is 623 g/mol. The lowest BCUT2D eigenvalue weighted by Crippen LogP contribution is -2.53. The van der Waals surface area contributed by atoms with Crippen molar-refractivity contribution < 1.29 is 9.59 Å². The number of nitrogens with zero attached hydrogens (tertiary/aromatic N) is 1. The van der Waals surface area contributed by atoms with Crippen LogP contribution in [-0.2, 0) is 16.0 Å². The largest absolute Gasteiger partial charge is 0.384 e. The number of benzene rings is 2. The molecular weight excluding hydrogens is 582 g/mol. The summed E-state index contributed by atoms with van der Waals surface area (Å²) in [5, 5.41) is 21.7. The first kappa shape index (κ1) is 30.6. The molecule has 2 fully saturated rings. The van der Waals surface area contributed by atoms with Gasteiger partial charge >= 0.3 is 0 Å². The molecule has 10 heteroatoms. The molecule has 1 saturated heterocycles. The molecule has 4 rings (SSSR count). The zero-order chi connectivity index (χ0) is 29.4. The van der Waals surface area contributed by atoms with E-state index in [9.17, 15) is 9.59 Å². The Kier molecular flexibility index (Phi) is 10.8. The molecule has 1 heterocycles. The van der Waals surface area contributed by atoms with E-state index in [2.05, 4.69) is 26.6 Å². The van der Waals surface area contributed by atoms with E-state index in [4.69, 9.17) is 22.3 Å². The van der Waals surface area contributed by atoms with E-state index in [1.807, 2.05) is 41.3 Å². The molecule has 1 unspecified atom stereocenters. The van der Waals surface area contributed by atoms with Crippen LogP contribution in [0.5, 0.6) is 0 Å². The number of amidine groups is 1. The Bertz CT molecular complexity index is 1200. The summed E-state index contributed by atoms with van der Waals surface area (Å²) in [6.45, 7) is 2.00. The Morgan fingerprint density at radius 1 is 0.902 bits per heavy atom. The van der Waals surface area contributed by atoms with Crippen LogP contribution in [0.25, 0.3) is 0 Å². The van der Waals surface area contributed by atoms with Crippen LogP contribution in [-0.4, -0.2) is 54.2 Å². The van der Waals surface area contributed by atoms with Gasteiger partial charge in [0.1, 0.15) is 11.9 Å². The SMILES string of the molecule is N=C(N)c1ccc(CC(C(=O)N[C@H](C(=O)NCC2CCN(C(=N)N)CC2)C2CCCCC2)c2ccc(Br)cc2)cc1. The molecule has 1 aliphatic heterocycles. The van der Waals surface area contributed by atoms with Crippen molar-refractivity contribution in [2.45, 2.75) is 63.3 Å². The molecule has 0 radical (unpaired) electrons. The van der Waals surface area contributed by atoms with Crippen LogP contribution in [0.15, 0.2) is 53.0 Å². The first-order valence-corrected chi connectivity index (χ1v) is 15.4. The predicted octanol–water partition coefficient (Wildman–Crippen LogP) is 3.85. The van der Waals surface area contributed by atoms with Gasteiger partial charge < -0.3 is 27.0 Å². The molecule has 0 spiro atoms. The van der Waals surface area contributed by atoms with Crippen LogP contribution >= 0.6 is 15.9 Å². The van der Waals surface area contributed by atoms with Crippen molar-refractivity contribution in [2.75, 3.05) is 19.6 Å². The van der Waals surface area contributed by atoms with Crippen LogP contribution in [0.1, 0.15) is 67.6 Å². The number of rotatable bonds is 10. The molecule has 2 atom stereocenters. The van der Waals surface area contributed by atoms with Gasteiger partial charge in [-0.2, -0.15) is 0 Å². The van der Waals surface area contributed by atoms with Crippen molar-refractivity contribution in [1.82, 2.24) is 15.5 Å². The summed E-state index contributed by atoms with van der Waals surface area (Å²) in [5.74, 6) is -0.227. The molecule has 41 heavy (non-hydrogen) atoms. The van der Waals surface area contributed by atoms with Gasteiger partial charge in [-0.05, 0) is 67.2 Å². The highest BCUT2D eigenvalue weighted by atomic mass is 79.9. The molecule has 2 aliphatic rings. The average molecular weight is 625 g/mol. The van der Waals surface area contributed by atoms with E-state index in [0.29, 0.717) is 24.4 Å². The number of carbonyl (C=O) groups is 2. The lowest BCUT2D eigenvalue weighted by Gasteiger charge is -2.34. The maximum atomic E-state index is 14.0. The Hall–Kier alpha value is -3.40. The van der Waals surface area contributed by atoms with Gasteiger partial charge in [0.2, 0.25) is 11.8 Å².